The van der Waals surface area contributed by atoms with Gasteiger partial charge in [-0.3, -0.25) is 4.79 Å². The van der Waals surface area contributed by atoms with E-state index in [1.54, 1.807) is 31.4 Å². The quantitative estimate of drug-likeness (QED) is 0.413. The first kappa shape index (κ1) is 23.0. The Hall–Kier alpha value is -3.15. The zero-order valence-electron chi connectivity index (χ0n) is 17.9. The summed E-state index contributed by atoms with van der Waals surface area (Å²) < 4.78 is 27.2. The lowest BCUT2D eigenvalue weighted by atomic mass is 9.99. The maximum absolute atomic E-state index is 13.1. The number of aliphatic hydroxyl groups is 4. The smallest absolute Gasteiger partial charge is 0.229 e. The van der Waals surface area contributed by atoms with Crippen molar-refractivity contribution in [2.75, 3.05) is 20.8 Å². The van der Waals surface area contributed by atoms with Crippen LogP contribution in [0.5, 0.6) is 17.2 Å². The molecule has 0 bridgehead atoms. The summed E-state index contributed by atoms with van der Waals surface area (Å²) in [6.07, 6.45) is -5.94. The Balaban J connectivity index is 1.70. The first-order valence-electron chi connectivity index (χ1n) is 10.1. The van der Waals surface area contributed by atoms with Crippen LogP contribution < -0.4 is 19.6 Å². The standard InChI is InChI=1S/C23H24O10/c1-29-12-5-3-11(4-6-12)14-10-31-15-8-17(16(30-2)7-13(15)19(14)25)32-23-22(28)21(27)20(26)18(9-24)33-23/h3-8,10,18,20-24,26-28H,9H2,1-2H3/t18-,20+,21+,22-,23-/m0/s1. The molecule has 10 nitrogen and oxygen atoms in total. The largest absolute Gasteiger partial charge is 0.497 e. The summed E-state index contributed by atoms with van der Waals surface area (Å²) in [5.41, 5.74) is 0.888. The first-order valence-corrected chi connectivity index (χ1v) is 10.1. The molecular formula is C23H24O10. The van der Waals surface area contributed by atoms with Gasteiger partial charge in [-0.05, 0) is 23.8 Å². The summed E-state index contributed by atoms with van der Waals surface area (Å²) in [4.78, 5) is 13.1. The molecule has 1 aromatic heterocycles. The van der Waals surface area contributed by atoms with Crippen molar-refractivity contribution >= 4 is 11.0 Å². The average molecular weight is 460 g/mol. The maximum Gasteiger partial charge on any atom is 0.229 e. The molecule has 3 aromatic rings. The van der Waals surface area contributed by atoms with E-state index in [0.29, 0.717) is 16.9 Å². The predicted molar refractivity (Wildman–Crippen MR) is 115 cm³/mol. The highest BCUT2D eigenvalue weighted by Gasteiger charge is 2.45. The van der Waals surface area contributed by atoms with Crippen LogP contribution in [-0.2, 0) is 4.74 Å². The summed E-state index contributed by atoms with van der Waals surface area (Å²) >= 11 is 0. The molecule has 0 spiro atoms. The molecule has 1 saturated heterocycles. The molecule has 2 aromatic carbocycles. The Kier molecular flexibility index (Phi) is 6.54. The molecule has 1 aliphatic rings. The maximum atomic E-state index is 13.1. The number of fused-ring (bicyclic) bond motifs is 1. The van der Waals surface area contributed by atoms with Gasteiger partial charge in [-0.2, -0.15) is 0 Å². The SMILES string of the molecule is COc1ccc(-c2coc3cc(O[C@H]4O[C@@H](CO)[C@@H](O)[C@@H](O)[C@@H]4O)c(OC)cc3c2=O)cc1. The Bertz CT molecular complexity index is 1170. The van der Waals surface area contributed by atoms with Gasteiger partial charge in [0.2, 0.25) is 11.7 Å². The monoisotopic (exact) mass is 460 g/mol. The van der Waals surface area contributed by atoms with Crippen molar-refractivity contribution in [1.29, 1.82) is 0 Å². The minimum Gasteiger partial charge on any atom is -0.497 e. The van der Waals surface area contributed by atoms with Crippen molar-refractivity contribution in [2.24, 2.45) is 0 Å². The van der Waals surface area contributed by atoms with Gasteiger partial charge in [0.15, 0.2) is 11.5 Å². The Morgan fingerprint density at radius 3 is 2.30 bits per heavy atom. The zero-order chi connectivity index (χ0) is 23.7. The third-order valence-corrected chi connectivity index (χ3v) is 5.55. The number of rotatable bonds is 6. The van der Waals surface area contributed by atoms with Gasteiger partial charge in [0, 0.05) is 6.07 Å². The number of hydrogen-bond acceptors (Lipinski definition) is 10. The third-order valence-electron chi connectivity index (χ3n) is 5.55. The van der Waals surface area contributed by atoms with Crippen LogP contribution >= 0.6 is 0 Å². The van der Waals surface area contributed by atoms with E-state index in [9.17, 15) is 25.2 Å². The number of benzene rings is 2. The van der Waals surface area contributed by atoms with Crippen LogP contribution in [0.1, 0.15) is 0 Å². The van der Waals surface area contributed by atoms with Crippen molar-refractivity contribution in [3.8, 4) is 28.4 Å². The predicted octanol–water partition coefficient (Wildman–Crippen LogP) is 0.656. The third kappa shape index (κ3) is 4.26. The number of aliphatic hydroxyl groups excluding tert-OH is 4. The lowest BCUT2D eigenvalue weighted by Gasteiger charge is -2.39. The lowest BCUT2D eigenvalue weighted by Crippen LogP contribution is -2.60. The molecule has 1 aliphatic heterocycles. The van der Waals surface area contributed by atoms with Crippen LogP contribution in [0.3, 0.4) is 0 Å². The number of ether oxygens (including phenoxy) is 4. The molecular weight excluding hydrogens is 436 g/mol. The topological polar surface area (TPSA) is 148 Å². The van der Waals surface area contributed by atoms with Gasteiger partial charge in [-0.25, -0.2) is 0 Å². The van der Waals surface area contributed by atoms with Crippen LogP contribution in [0.4, 0.5) is 0 Å². The minimum absolute atomic E-state index is 0.0645. The van der Waals surface area contributed by atoms with E-state index in [2.05, 4.69) is 0 Å². The second-order valence-electron chi connectivity index (χ2n) is 7.52. The summed E-state index contributed by atoms with van der Waals surface area (Å²) in [6, 6.07) is 9.78. The van der Waals surface area contributed by atoms with Gasteiger partial charge < -0.3 is 43.8 Å². The van der Waals surface area contributed by atoms with E-state index in [1.807, 2.05) is 0 Å². The van der Waals surface area contributed by atoms with Crippen LogP contribution in [0, 0.1) is 0 Å². The molecule has 1 fully saturated rings. The van der Waals surface area contributed by atoms with E-state index in [1.165, 1.54) is 25.5 Å². The average Bonchev–Trinajstić information content (AvgIpc) is 2.84. The minimum atomic E-state index is -1.60. The van der Waals surface area contributed by atoms with Crippen molar-refractivity contribution in [3.05, 3.63) is 52.9 Å². The molecule has 2 heterocycles. The fourth-order valence-electron chi connectivity index (χ4n) is 3.65. The fourth-order valence-corrected chi connectivity index (χ4v) is 3.65. The first-order chi connectivity index (χ1) is 15.9. The lowest BCUT2D eigenvalue weighted by molar-refractivity contribution is -0.277. The molecule has 0 unspecified atom stereocenters. The molecule has 0 aliphatic carbocycles. The summed E-state index contributed by atoms with van der Waals surface area (Å²) in [6.45, 7) is -0.595. The van der Waals surface area contributed by atoms with E-state index in [4.69, 9.17) is 23.4 Å². The highest BCUT2D eigenvalue weighted by Crippen LogP contribution is 2.35. The van der Waals surface area contributed by atoms with Gasteiger partial charge in [0.25, 0.3) is 0 Å². The van der Waals surface area contributed by atoms with Gasteiger partial charge in [0.05, 0.1) is 31.8 Å². The summed E-state index contributed by atoms with van der Waals surface area (Å²) in [5, 5.41) is 39.7. The van der Waals surface area contributed by atoms with Crippen molar-refractivity contribution in [2.45, 2.75) is 30.7 Å². The van der Waals surface area contributed by atoms with Crippen molar-refractivity contribution < 1.29 is 43.8 Å². The molecule has 0 radical (unpaired) electrons. The van der Waals surface area contributed by atoms with E-state index < -0.39 is 37.3 Å². The number of hydrogen-bond donors (Lipinski definition) is 4. The highest BCUT2D eigenvalue weighted by atomic mass is 16.7. The molecule has 4 N–H and O–H groups in total. The zero-order valence-corrected chi connectivity index (χ0v) is 17.9. The van der Waals surface area contributed by atoms with E-state index >= 15 is 0 Å². The highest BCUT2D eigenvalue weighted by molar-refractivity contribution is 5.84. The summed E-state index contributed by atoms with van der Waals surface area (Å²) in [5.74, 6) is 0.869. The van der Waals surface area contributed by atoms with Crippen LogP contribution in [0.25, 0.3) is 22.1 Å². The number of methoxy groups -OCH3 is 2. The molecule has 5 atom stereocenters. The molecule has 0 saturated carbocycles. The molecule has 33 heavy (non-hydrogen) atoms. The van der Waals surface area contributed by atoms with Crippen LogP contribution in [0.2, 0.25) is 0 Å². The van der Waals surface area contributed by atoms with Crippen LogP contribution in [0.15, 0.2) is 51.9 Å². The normalized spacial score (nSPS) is 25.1. The Morgan fingerprint density at radius 1 is 0.939 bits per heavy atom. The van der Waals surface area contributed by atoms with Gasteiger partial charge in [-0.15, -0.1) is 0 Å². The molecule has 176 valence electrons. The van der Waals surface area contributed by atoms with Crippen molar-refractivity contribution in [3.63, 3.8) is 0 Å². The van der Waals surface area contributed by atoms with Gasteiger partial charge in [0.1, 0.15) is 42.0 Å². The second kappa shape index (κ2) is 9.38. The van der Waals surface area contributed by atoms with Crippen LogP contribution in [-0.4, -0.2) is 72.0 Å². The second-order valence-corrected chi connectivity index (χ2v) is 7.52. The Labute approximate surface area is 188 Å². The fraction of sp³-hybridized carbons (Fsp3) is 0.348. The van der Waals surface area contributed by atoms with E-state index in [0.717, 1.165) is 0 Å². The molecule has 10 heteroatoms. The van der Waals surface area contributed by atoms with Gasteiger partial charge in [-0.1, -0.05) is 12.1 Å². The Morgan fingerprint density at radius 2 is 1.67 bits per heavy atom. The van der Waals surface area contributed by atoms with E-state index in [-0.39, 0.29) is 27.9 Å². The molecule has 4 rings (SSSR count). The molecule has 0 amide bonds. The van der Waals surface area contributed by atoms with Gasteiger partial charge >= 0.3 is 0 Å². The summed E-state index contributed by atoms with van der Waals surface area (Å²) in [7, 11) is 2.92. The van der Waals surface area contributed by atoms with Crippen molar-refractivity contribution in [1.82, 2.24) is 0 Å².